The molecule has 2 atom stereocenters. The van der Waals surface area contributed by atoms with E-state index in [1.807, 2.05) is 11.8 Å². The Balaban J connectivity index is 1.22. The number of ether oxygens (including phenoxy) is 1. The van der Waals surface area contributed by atoms with Crippen molar-refractivity contribution >= 4 is 68.1 Å². The number of rotatable bonds is 3. The van der Waals surface area contributed by atoms with Gasteiger partial charge in [0.05, 0.1) is 35.2 Å². The summed E-state index contributed by atoms with van der Waals surface area (Å²) in [6.07, 6.45) is 3.98. The van der Waals surface area contributed by atoms with Crippen LogP contribution in [0.2, 0.25) is 5.02 Å². The summed E-state index contributed by atoms with van der Waals surface area (Å²) in [5.41, 5.74) is 1.03. The van der Waals surface area contributed by atoms with E-state index in [2.05, 4.69) is 15.3 Å². The molecule has 3 aromatic rings. The molecule has 9 nitrogen and oxygen atoms in total. The van der Waals surface area contributed by atoms with Crippen LogP contribution in [0.25, 0.3) is 10.2 Å². The number of nitrogens with zero attached hydrogens (tertiary/aromatic N) is 4. The number of morpholine rings is 1. The molecule has 1 amide bonds. The van der Waals surface area contributed by atoms with Crippen LogP contribution in [0.1, 0.15) is 40.7 Å². The Kier molecular flexibility index (Phi) is 5.84. The standard InChI is InChI=1S/C26H26ClN5O4S2/c1-13-9-36-5-4-31(13)24(34)14-2-3-15-19(6-14)38-23-20(15)22(28-12-29-23)30-17-7-16(27)21-18(33)8-26(10-37-11-26)32(21)25(17)35/h7,12-14H,2-6,8-11H2,1H3,(H,28,29,30)/t13-,14+/m1/s1. The zero-order valence-corrected chi connectivity index (χ0v) is 23.2. The van der Waals surface area contributed by atoms with Gasteiger partial charge in [-0.3, -0.25) is 19.0 Å². The van der Waals surface area contributed by atoms with Crippen LogP contribution in [0.15, 0.2) is 17.2 Å². The van der Waals surface area contributed by atoms with E-state index in [4.69, 9.17) is 16.3 Å². The molecule has 0 radical (unpaired) electrons. The first-order valence-corrected chi connectivity index (χ1v) is 15.2. The van der Waals surface area contributed by atoms with Crippen molar-refractivity contribution < 1.29 is 14.3 Å². The summed E-state index contributed by atoms with van der Waals surface area (Å²) < 4.78 is 7.12. The number of fused-ring (bicyclic) bond motifs is 5. The number of hydrogen-bond donors (Lipinski definition) is 1. The fraction of sp³-hybridized carbons (Fsp3) is 0.500. The van der Waals surface area contributed by atoms with Gasteiger partial charge in [-0.15, -0.1) is 11.3 Å². The third kappa shape index (κ3) is 3.65. The lowest BCUT2D eigenvalue weighted by molar-refractivity contribution is -0.143. The number of amides is 1. The molecule has 2 saturated heterocycles. The minimum Gasteiger partial charge on any atom is -0.377 e. The number of carbonyl (C=O) groups excluding carboxylic acids is 2. The zero-order valence-electron chi connectivity index (χ0n) is 20.8. The average molecular weight is 572 g/mol. The molecular weight excluding hydrogens is 546 g/mol. The van der Waals surface area contributed by atoms with Gasteiger partial charge in [0.15, 0.2) is 5.78 Å². The molecule has 0 aromatic carbocycles. The van der Waals surface area contributed by atoms with Gasteiger partial charge in [0.1, 0.15) is 28.4 Å². The monoisotopic (exact) mass is 571 g/mol. The molecule has 3 aromatic heterocycles. The quantitative estimate of drug-likeness (QED) is 0.508. The summed E-state index contributed by atoms with van der Waals surface area (Å²) in [6, 6.07) is 1.64. The van der Waals surface area contributed by atoms with Crippen molar-refractivity contribution in [1.82, 2.24) is 19.4 Å². The number of thioether (sulfide) groups is 1. The normalized spacial score (nSPS) is 23.8. The summed E-state index contributed by atoms with van der Waals surface area (Å²) in [5.74, 6) is 2.07. The summed E-state index contributed by atoms with van der Waals surface area (Å²) in [6.45, 7) is 3.84. The molecule has 0 bridgehead atoms. The fourth-order valence-electron chi connectivity index (χ4n) is 6.25. The Morgan fingerprint density at radius 2 is 2.13 bits per heavy atom. The van der Waals surface area contributed by atoms with Crippen LogP contribution < -0.4 is 10.9 Å². The minimum atomic E-state index is -0.475. The number of carbonyl (C=O) groups is 2. The van der Waals surface area contributed by atoms with E-state index in [1.54, 1.807) is 33.7 Å². The van der Waals surface area contributed by atoms with Crippen LogP contribution >= 0.6 is 34.7 Å². The number of thiophene rings is 1. The molecule has 6 heterocycles. The summed E-state index contributed by atoms with van der Waals surface area (Å²) in [7, 11) is 0. The van der Waals surface area contributed by atoms with Crippen molar-refractivity contribution in [3.63, 3.8) is 0 Å². The first-order valence-electron chi connectivity index (χ1n) is 12.8. The Bertz CT molecular complexity index is 1570. The van der Waals surface area contributed by atoms with E-state index in [0.29, 0.717) is 49.8 Å². The lowest BCUT2D eigenvalue weighted by Gasteiger charge is -2.38. The van der Waals surface area contributed by atoms with Crippen LogP contribution in [-0.4, -0.2) is 68.4 Å². The number of nitrogens with one attached hydrogen (secondary N) is 1. The van der Waals surface area contributed by atoms with Gasteiger partial charge in [-0.1, -0.05) is 11.6 Å². The van der Waals surface area contributed by atoms with Crippen molar-refractivity contribution in [2.75, 3.05) is 36.6 Å². The highest BCUT2D eigenvalue weighted by Crippen LogP contribution is 2.46. The number of anilines is 2. The van der Waals surface area contributed by atoms with Gasteiger partial charge in [0.25, 0.3) is 5.56 Å². The number of hydrogen-bond acceptors (Lipinski definition) is 9. The number of aromatic nitrogens is 3. The molecule has 1 aliphatic carbocycles. The van der Waals surface area contributed by atoms with Crippen molar-refractivity contribution in [1.29, 1.82) is 0 Å². The maximum atomic E-state index is 13.6. The molecule has 0 unspecified atom stereocenters. The summed E-state index contributed by atoms with van der Waals surface area (Å²) >= 11 is 9.86. The Labute approximate surface area is 231 Å². The maximum absolute atomic E-state index is 13.6. The van der Waals surface area contributed by atoms with Crippen LogP contribution in [0.5, 0.6) is 0 Å². The Morgan fingerprint density at radius 3 is 2.89 bits per heavy atom. The second kappa shape index (κ2) is 9.04. The third-order valence-electron chi connectivity index (χ3n) is 8.22. The van der Waals surface area contributed by atoms with Crippen molar-refractivity contribution in [2.24, 2.45) is 5.92 Å². The van der Waals surface area contributed by atoms with Crippen LogP contribution in [0, 0.1) is 5.92 Å². The highest BCUT2D eigenvalue weighted by molar-refractivity contribution is 8.00. The molecule has 198 valence electrons. The first-order chi connectivity index (χ1) is 18.4. The van der Waals surface area contributed by atoms with Gasteiger partial charge in [-0.05, 0) is 37.8 Å². The summed E-state index contributed by atoms with van der Waals surface area (Å²) in [4.78, 5) is 52.6. The Hall–Kier alpha value is -2.47. The van der Waals surface area contributed by atoms with Gasteiger partial charge in [-0.25, -0.2) is 9.97 Å². The number of pyridine rings is 1. The number of halogens is 1. The topological polar surface area (TPSA) is 106 Å². The smallest absolute Gasteiger partial charge is 0.275 e. The third-order valence-corrected chi connectivity index (χ3v) is 11.2. The highest BCUT2D eigenvalue weighted by atomic mass is 35.5. The second-order valence-corrected chi connectivity index (χ2v) is 13.1. The molecule has 38 heavy (non-hydrogen) atoms. The van der Waals surface area contributed by atoms with Crippen LogP contribution in [0.3, 0.4) is 0 Å². The molecule has 0 saturated carbocycles. The van der Waals surface area contributed by atoms with Gasteiger partial charge in [-0.2, -0.15) is 11.8 Å². The van der Waals surface area contributed by atoms with Gasteiger partial charge < -0.3 is 15.0 Å². The highest BCUT2D eigenvalue weighted by Gasteiger charge is 2.50. The lowest BCUT2D eigenvalue weighted by Crippen LogP contribution is -2.50. The lowest BCUT2D eigenvalue weighted by atomic mass is 9.86. The second-order valence-electron chi connectivity index (χ2n) is 10.6. The van der Waals surface area contributed by atoms with Crippen molar-refractivity contribution in [2.45, 2.75) is 44.2 Å². The van der Waals surface area contributed by atoms with E-state index in [0.717, 1.165) is 45.0 Å². The maximum Gasteiger partial charge on any atom is 0.275 e. The van der Waals surface area contributed by atoms with Gasteiger partial charge in [0, 0.05) is 35.3 Å². The van der Waals surface area contributed by atoms with Crippen LogP contribution in [0.4, 0.5) is 11.5 Å². The number of aryl methyl sites for hydroxylation is 1. The molecule has 7 rings (SSSR count). The van der Waals surface area contributed by atoms with Gasteiger partial charge >= 0.3 is 0 Å². The molecule has 4 aliphatic rings. The SMILES string of the molecule is C[C@@H]1COCCN1C(=O)[C@H]1CCc2c(sc3ncnc(Nc4cc(Cl)c5n(c4=O)C4(CSC4)CC5=O)c23)C1. The van der Waals surface area contributed by atoms with E-state index in [-0.39, 0.29) is 34.2 Å². The minimum absolute atomic E-state index is 0.0604. The molecule has 2 fully saturated rings. The Morgan fingerprint density at radius 1 is 1.29 bits per heavy atom. The predicted molar refractivity (Wildman–Crippen MR) is 148 cm³/mol. The number of Topliss-reactive ketones (excluding diaryl/α,β-unsaturated/α-hetero) is 1. The zero-order chi connectivity index (χ0) is 26.2. The fourth-order valence-corrected chi connectivity index (χ4v) is 8.95. The van der Waals surface area contributed by atoms with Crippen molar-refractivity contribution in [3.05, 3.63) is 43.9 Å². The molecule has 3 aliphatic heterocycles. The van der Waals surface area contributed by atoms with E-state index >= 15 is 0 Å². The van der Waals surface area contributed by atoms with Crippen molar-refractivity contribution in [3.8, 4) is 0 Å². The van der Waals surface area contributed by atoms with Gasteiger partial charge in [0.2, 0.25) is 5.91 Å². The van der Waals surface area contributed by atoms with E-state index in [9.17, 15) is 14.4 Å². The molecular formula is C26H26ClN5O4S2. The first kappa shape index (κ1) is 24.6. The van der Waals surface area contributed by atoms with E-state index < -0.39 is 5.54 Å². The average Bonchev–Trinajstić information content (AvgIpc) is 3.43. The largest absolute Gasteiger partial charge is 0.377 e. The summed E-state index contributed by atoms with van der Waals surface area (Å²) in [5, 5.41) is 4.42. The van der Waals surface area contributed by atoms with Crippen LogP contribution in [-0.2, 0) is 27.9 Å². The molecule has 1 N–H and O–H groups in total. The molecule has 1 spiro atoms. The van der Waals surface area contributed by atoms with E-state index in [1.165, 1.54) is 6.33 Å². The molecule has 12 heteroatoms. The number of ketones is 1. The predicted octanol–water partition coefficient (Wildman–Crippen LogP) is 3.63.